The van der Waals surface area contributed by atoms with Crippen molar-refractivity contribution in [2.75, 3.05) is 16.8 Å². The zero-order chi connectivity index (χ0) is 21.3. The molecule has 1 unspecified atom stereocenters. The number of aryl methyl sites for hydroxylation is 1. The van der Waals surface area contributed by atoms with Crippen molar-refractivity contribution in [1.29, 1.82) is 0 Å². The number of anilines is 2. The fourth-order valence-electron chi connectivity index (χ4n) is 3.31. The van der Waals surface area contributed by atoms with Crippen LogP contribution in [0.4, 0.5) is 16.6 Å². The number of ether oxygens (including phenoxy) is 1. The third-order valence-corrected chi connectivity index (χ3v) is 5.00. The number of hydrogen-bond acceptors (Lipinski definition) is 8. The van der Waals surface area contributed by atoms with E-state index in [-0.39, 0.29) is 18.0 Å². The zero-order valence-corrected chi connectivity index (χ0v) is 17.4. The van der Waals surface area contributed by atoms with Crippen LogP contribution in [-0.4, -0.2) is 38.9 Å². The Morgan fingerprint density at radius 3 is 2.80 bits per heavy atom. The number of benzene rings is 1. The molecule has 0 saturated carbocycles. The van der Waals surface area contributed by atoms with E-state index in [0.717, 1.165) is 11.1 Å². The Balaban J connectivity index is 1.51. The highest BCUT2D eigenvalue weighted by Gasteiger charge is 2.37. The van der Waals surface area contributed by atoms with Crippen molar-refractivity contribution in [1.82, 2.24) is 20.1 Å². The van der Waals surface area contributed by atoms with Crippen LogP contribution in [0.15, 0.2) is 41.1 Å². The molecule has 1 fully saturated rings. The van der Waals surface area contributed by atoms with Crippen LogP contribution in [0.1, 0.15) is 38.3 Å². The first-order chi connectivity index (χ1) is 14.4. The van der Waals surface area contributed by atoms with Gasteiger partial charge >= 0.3 is 6.09 Å². The minimum atomic E-state index is -0.397. The Hall–Kier alpha value is -3.49. The smallest absolute Gasteiger partial charge is 0.415 e. The van der Waals surface area contributed by atoms with Gasteiger partial charge in [0.25, 0.3) is 0 Å². The topological polar surface area (TPSA) is 106 Å². The molecule has 3 heterocycles. The van der Waals surface area contributed by atoms with E-state index in [0.29, 0.717) is 30.1 Å². The van der Waals surface area contributed by atoms with E-state index in [4.69, 9.17) is 9.26 Å². The van der Waals surface area contributed by atoms with Crippen molar-refractivity contribution in [2.24, 2.45) is 5.92 Å². The third-order valence-electron chi connectivity index (χ3n) is 5.00. The monoisotopic (exact) mass is 408 g/mol. The van der Waals surface area contributed by atoms with Gasteiger partial charge in [-0.2, -0.15) is 9.97 Å². The maximum Gasteiger partial charge on any atom is 0.415 e. The van der Waals surface area contributed by atoms with Crippen LogP contribution in [0.5, 0.6) is 0 Å². The fourth-order valence-corrected chi connectivity index (χ4v) is 3.31. The summed E-state index contributed by atoms with van der Waals surface area (Å²) in [5.41, 5.74) is 2.01. The Bertz CT molecular complexity index is 1050. The average Bonchev–Trinajstić information content (AvgIpc) is 3.35. The maximum absolute atomic E-state index is 12.2. The molecular formula is C21H24N6O3. The maximum atomic E-state index is 12.2. The molecule has 9 nitrogen and oxygen atoms in total. The highest BCUT2D eigenvalue weighted by atomic mass is 16.6. The number of nitrogens with zero attached hydrogens (tertiary/aromatic N) is 5. The molecule has 3 aromatic rings. The van der Waals surface area contributed by atoms with Crippen LogP contribution < -0.4 is 10.2 Å². The largest absolute Gasteiger partial charge is 0.447 e. The molecule has 156 valence electrons. The Labute approximate surface area is 174 Å². The molecule has 2 atom stereocenters. The minimum absolute atomic E-state index is 0.0644. The lowest BCUT2D eigenvalue weighted by atomic mass is 10.0. The molecule has 9 heteroatoms. The van der Waals surface area contributed by atoms with E-state index in [2.05, 4.69) is 25.4 Å². The number of rotatable bonds is 6. The normalized spacial score (nSPS) is 17.3. The highest BCUT2D eigenvalue weighted by Crippen LogP contribution is 2.27. The summed E-state index contributed by atoms with van der Waals surface area (Å²) in [6.45, 7) is 8.33. The first-order valence-corrected chi connectivity index (χ1v) is 9.88. The van der Waals surface area contributed by atoms with Crippen LogP contribution in [0.3, 0.4) is 0 Å². The number of aromatic nitrogens is 4. The van der Waals surface area contributed by atoms with Crippen molar-refractivity contribution in [3.05, 3.63) is 48.0 Å². The van der Waals surface area contributed by atoms with Gasteiger partial charge in [-0.05, 0) is 31.9 Å². The second-order valence-corrected chi connectivity index (χ2v) is 7.69. The molecule has 1 aromatic carbocycles. The molecular weight excluding hydrogens is 384 g/mol. The molecule has 4 rings (SSSR count). The molecule has 0 spiro atoms. The standard InChI is InChI=1S/C21H24N6O3/c1-12(2)16-11-29-21(28)27(16)17-8-9-22-20(24-17)23-14(4)19-25-18(26-30-19)15-7-5-6-13(3)10-15/h5-10,12,14,16H,11H2,1-4H3,(H,22,23,24)/t14-,16?/m0/s1. The summed E-state index contributed by atoms with van der Waals surface area (Å²) in [7, 11) is 0. The second kappa shape index (κ2) is 8.10. The number of carbonyl (C=O) groups excluding carboxylic acids is 1. The van der Waals surface area contributed by atoms with E-state index in [1.54, 1.807) is 17.2 Å². The Morgan fingerprint density at radius 2 is 2.03 bits per heavy atom. The minimum Gasteiger partial charge on any atom is -0.447 e. The zero-order valence-electron chi connectivity index (χ0n) is 17.4. The fraction of sp³-hybridized carbons (Fsp3) is 0.381. The molecule has 0 bridgehead atoms. The molecule has 0 radical (unpaired) electrons. The number of cyclic esters (lactones) is 1. The van der Waals surface area contributed by atoms with Gasteiger partial charge in [-0.25, -0.2) is 9.78 Å². The molecule has 2 aromatic heterocycles. The Morgan fingerprint density at radius 1 is 1.20 bits per heavy atom. The molecule has 1 aliphatic heterocycles. The van der Waals surface area contributed by atoms with Gasteiger partial charge in [-0.1, -0.05) is 42.8 Å². The number of hydrogen-bond donors (Lipinski definition) is 1. The molecule has 30 heavy (non-hydrogen) atoms. The van der Waals surface area contributed by atoms with Gasteiger partial charge in [0.2, 0.25) is 17.7 Å². The van der Waals surface area contributed by atoms with Crippen LogP contribution in [0.2, 0.25) is 0 Å². The first-order valence-electron chi connectivity index (χ1n) is 9.88. The van der Waals surface area contributed by atoms with E-state index >= 15 is 0 Å². The van der Waals surface area contributed by atoms with Crippen LogP contribution in [0.25, 0.3) is 11.4 Å². The molecule has 1 aliphatic rings. The van der Waals surface area contributed by atoms with E-state index < -0.39 is 6.09 Å². The lowest BCUT2D eigenvalue weighted by Gasteiger charge is -2.23. The summed E-state index contributed by atoms with van der Waals surface area (Å²) in [4.78, 5) is 27.0. The summed E-state index contributed by atoms with van der Waals surface area (Å²) >= 11 is 0. The van der Waals surface area contributed by atoms with Crippen molar-refractivity contribution in [3.63, 3.8) is 0 Å². The lowest BCUT2D eigenvalue weighted by molar-refractivity contribution is 0.177. The summed E-state index contributed by atoms with van der Waals surface area (Å²) in [6, 6.07) is 9.21. The third kappa shape index (κ3) is 3.96. The van der Waals surface area contributed by atoms with E-state index in [9.17, 15) is 4.79 Å². The van der Waals surface area contributed by atoms with Crippen molar-refractivity contribution < 1.29 is 14.1 Å². The first kappa shape index (κ1) is 19.8. The van der Waals surface area contributed by atoms with E-state index in [1.165, 1.54) is 0 Å². The highest BCUT2D eigenvalue weighted by molar-refractivity contribution is 5.89. The molecule has 0 aliphatic carbocycles. The van der Waals surface area contributed by atoms with Gasteiger partial charge in [0.15, 0.2) is 0 Å². The van der Waals surface area contributed by atoms with Crippen LogP contribution >= 0.6 is 0 Å². The quantitative estimate of drug-likeness (QED) is 0.652. The van der Waals surface area contributed by atoms with E-state index in [1.807, 2.05) is 52.0 Å². The number of amides is 1. The van der Waals surface area contributed by atoms with Gasteiger partial charge < -0.3 is 14.6 Å². The van der Waals surface area contributed by atoms with Gasteiger partial charge in [0.1, 0.15) is 18.5 Å². The number of nitrogens with one attached hydrogen (secondary N) is 1. The van der Waals surface area contributed by atoms with Crippen LogP contribution in [0, 0.1) is 12.8 Å². The van der Waals surface area contributed by atoms with Crippen molar-refractivity contribution in [3.8, 4) is 11.4 Å². The number of carbonyl (C=O) groups is 1. The molecule has 1 saturated heterocycles. The van der Waals surface area contributed by atoms with Crippen molar-refractivity contribution in [2.45, 2.75) is 39.8 Å². The predicted molar refractivity (Wildman–Crippen MR) is 111 cm³/mol. The van der Waals surface area contributed by atoms with Gasteiger partial charge in [-0.15, -0.1) is 0 Å². The summed E-state index contributed by atoms with van der Waals surface area (Å²) in [6.07, 6.45) is 1.21. The SMILES string of the molecule is Cc1cccc(-c2noc([C@H](C)Nc3nccc(N4C(=O)OCC4C(C)C)n3)n2)c1. The lowest BCUT2D eigenvalue weighted by Crippen LogP contribution is -2.37. The second-order valence-electron chi connectivity index (χ2n) is 7.69. The Kier molecular flexibility index (Phi) is 5.35. The summed E-state index contributed by atoms with van der Waals surface area (Å²) in [5, 5.41) is 7.23. The van der Waals surface area contributed by atoms with Gasteiger partial charge in [-0.3, -0.25) is 4.90 Å². The summed E-state index contributed by atoms with van der Waals surface area (Å²) < 4.78 is 10.6. The molecule has 1 amide bonds. The summed E-state index contributed by atoms with van der Waals surface area (Å²) in [5.74, 6) is 2.03. The van der Waals surface area contributed by atoms with Crippen molar-refractivity contribution >= 4 is 17.9 Å². The molecule has 1 N–H and O–H groups in total. The average molecular weight is 408 g/mol. The van der Waals surface area contributed by atoms with Gasteiger partial charge in [0, 0.05) is 11.8 Å². The van der Waals surface area contributed by atoms with Gasteiger partial charge in [0.05, 0.1) is 6.04 Å². The predicted octanol–water partition coefficient (Wildman–Crippen LogP) is 3.99. The van der Waals surface area contributed by atoms with Crippen LogP contribution in [-0.2, 0) is 4.74 Å².